The second kappa shape index (κ2) is 9.87. The lowest BCUT2D eigenvalue weighted by molar-refractivity contribution is 0.155. The van der Waals surface area contributed by atoms with Gasteiger partial charge in [0.05, 0.1) is 45.4 Å². The van der Waals surface area contributed by atoms with Crippen molar-refractivity contribution in [1.82, 2.24) is 4.90 Å². The van der Waals surface area contributed by atoms with Crippen molar-refractivity contribution >= 4 is 12.0 Å². The van der Waals surface area contributed by atoms with Gasteiger partial charge in [-0.05, 0) is 65.9 Å². The molecule has 3 aromatic carbocycles. The molecule has 2 aliphatic rings. The molecule has 0 radical (unpaired) electrons. The van der Waals surface area contributed by atoms with E-state index in [2.05, 4.69) is 11.0 Å². The van der Waals surface area contributed by atoms with E-state index < -0.39 is 0 Å². The Labute approximate surface area is 209 Å². The Morgan fingerprint density at radius 2 is 1.57 bits per heavy atom. The van der Waals surface area contributed by atoms with Crippen molar-refractivity contribution in [2.45, 2.75) is 30.3 Å². The highest BCUT2D eigenvalue weighted by Gasteiger charge is 2.37. The lowest BCUT2D eigenvalue weighted by Gasteiger charge is -2.42. The minimum absolute atomic E-state index is 0.137. The summed E-state index contributed by atoms with van der Waals surface area (Å²) in [5, 5.41) is 0. The molecule has 3 aromatic rings. The first-order chi connectivity index (χ1) is 17.1. The van der Waals surface area contributed by atoms with Gasteiger partial charge < -0.3 is 23.1 Å². The number of ether oxygens (including phenoxy) is 4. The molecule has 0 amide bonds. The van der Waals surface area contributed by atoms with Crippen LogP contribution in [0.4, 0.5) is 4.39 Å². The molecule has 35 heavy (non-hydrogen) atoms. The number of nitrogens with zero attached hydrogens (tertiary/aromatic N) is 1. The van der Waals surface area contributed by atoms with Gasteiger partial charge in [0.15, 0.2) is 23.0 Å². The quantitative estimate of drug-likeness (QED) is 0.394. The summed E-state index contributed by atoms with van der Waals surface area (Å²) in [6.45, 7) is 1.73. The highest BCUT2D eigenvalue weighted by molar-refractivity contribution is 7.95. The lowest BCUT2D eigenvalue weighted by Crippen LogP contribution is -2.39. The number of rotatable bonds is 7. The van der Waals surface area contributed by atoms with Crippen molar-refractivity contribution in [3.8, 4) is 28.7 Å². The fraction of sp³-hybridized carbons (Fsp3) is 0.333. The third-order valence-electron chi connectivity index (χ3n) is 6.69. The van der Waals surface area contributed by atoms with Gasteiger partial charge in [0.2, 0.25) is 5.75 Å². The molecule has 2 heterocycles. The Bertz CT molecular complexity index is 1250. The van der Waals surface area contributed by atoms with E-state index in [4.69, 9.17) is 23.1 Å². The SMILES string of the molecule is COc1cc2c(cc1OSc1cccc(F)c1)CC1c3c(cc(OC)c(OC)c3OC)CCN1C2. The highest BCUT2D eigenvalue weighted by atomic mass is 32.2. The minimum atomic E-state index is -0.298. The summed E-state index contributed by atoms with van der Waals surface area (Å²) in [7, 11) is 6.59. The molecule has 0 spiro atoms. The molecule has 0 N–H and O–H groups in total. The van der Waals surface area contributed by atoms with Crippen LogP contribution in [0.1, 0.15) is 28.3 Å². The first-order valence-electron chi connectivity index (χ1n) is 11.4. The summed E-state index contributed by atoms with van der Waals surface area (Å²) in [6, 6.07) is 12.6. The van der Waals surface area contributed by atoms with Gasteiger partial charge in [0.1, 0.15) is 5.82 Å². The number of fused-ring (bicyclic) bond motifs is 4. The van der Waals surface area contributed by atoms with Crippen LogP contribution in [0.15, 0.2) is 47.4 Å². The van der Waals surface area contributed by atoms with Crippen LogP contribution < -0.4 is 23.1 Å². The molecule has 0 saturated heterocycles. The number of halogens is 1. The molecule has 1 atom stereocenters. The Balaban J connectivity index is 1.49. The minimum Gasteiger partial charge on any atom is -0.493 e. The van der Waals surface area contributed by atoms with E-state index in [1.54, 1.807) is 34.5 Å². The second-order valence-electron chi connectivity index (χ2n) is 8.55. The fourth-order valence-electron chi connectivity index (χ4n) is 5.07. The number of methoxy groups -OCH3 is 4. The van der Waals surface area contributed by atoms with E-state index in [0.717, 1.165) is 49.3 Å². The molecule has 2 aliphatic heterocycles. The van der Waals surface area contributed by atoms with Crippen LogP contribution in [0.2, 0.25) is 0 Å². The zero-order chi connectivity index (χ0) is 24.5. The molecule has 184 valence electrons. The summed E-state index contributed by atoms with van der Waals surface area (Å²) in [6.07, 6.45) is 1.69. The molecule has 5 rings (SSSR count). The van der Waals surface area contributed by atoms with Crippen molar-refractivity contribution < 1.29 is 27.5 Å². The van der Waals surface area contributed by atoms with Crippen LogP contribution in [0, 0.1) is 5.82 Å². The number of benzene rings is 3. The monoisotopic (exact) mass is 497 g/mol. The van der Waals surface area contributed by atoms with Crippen molar-refractivity contribution in [2.75, 3.05) is 35.0 Å². The van der Waals surface area contributed by atoms with Crippen LogP contribution in [-0.4, -0.2) is 39.9 Å². The summed E-state index contributed by atoms with van der Waals surface area (Å²) in [5.74, 6) is 3.01. The predicted octanol–water partition coefficient (Wildman–Crippen LogP) is 5.60. The lowest BCUT2D eigenvalue weighted by atomic mass is 9.83. The van der Waals surface area contributed by atoms with E-state index in [1.165, 1.54) is 28.8 Å². The summed E-state index contributed by atoms with van der Waals surface area (Å²) >= 11 is 1.11. The maximum absolute atomic E-state index is 13.6. The molecule has 1 unspecified atom stereocenters. The number of hydrogen-bond acceptors (Lipinski definition) is 7. The third kappa shape index (κ3) is 4.36. The van der Waals surface area contributed by atoms with Crippen LogP contribution in [0.3, 0.4) is 0 Å². The van der Waals surface area contributed by atoms with E-state index in [-0.39, 0.29) is 11.9 Å². The third-order valence-corrected chi connectivity index (χ3v) is 7.40. The van der Waals surface area contributed by atoms with Gasteiger partial charge in [-0.1, -0.05) is 6.07 Å². The zero-order valence-corrected chi connectivity index (χ0v) is 21.0. The standard InChI is InChI=1S/C27H28FNO5S/c1-30-22-13-18-15-29-9-8-16-11-24(31-2)26(32-3)27(33-4)25(16)21(29)10-17(18)12-23(22)34-35-20-7-5-6-19(28)14-20/h5-7,11-14,21H,8-10,15H2,1-4H3. The first kappa shape index (κ1) is 23.6. The molecule has 8 heteroatoms. The molecular formula is C27H28FNO5S. The van der Waals surface area contributed by atoms with Gasteiger partial charge in [-0.25, -0.2) is 4.39 Å². The molecule has 0 bridgehead atoms. The van der Waals surface area contributed by atoms with Crippen molar-refractivity contribution in [2.24, 2.45) is 0 Å². The summed E-state index contributed by atoms with van der Waals surface area (Å²) in [5.41, 5.74) is 4.76. The van der Waals surface area contributed by atoms with Crippen LogP contribution >= 0.6 is 12.0 Å². The molecule has 0 fully saturated rings. The Hall–Kier alpha value is -3.10. The maximum Gasteiger partial charge on any atom is 0.203 e. The van der Waals surface area contributed by atoms with E-state index in [0.29, 0.717) is 27.9 Å². The normalized spacial score (nSPS) is 16.5. The van der Waals surface area contributed by atoms with E-state index in [9.17, 15) is 4.39 Å². The largest absolute Gasteiger partial charge is 0.493 e. The smallest absolute Gasteiger partial charge is 0.203 e. The average molecular weight is 498 g/mol. The molecule has 0 saturated carbocycles. The number of hydrogen-bond donors (Lipinski definition) is 0. The van der Waals surface area contributed by atoms with Crippen LogP contribution in [0.25, 0.3) is 0 Å². The molecular weight excluding hydrogens is 469 g/mol. The molecule has 6 nitrogen and oxygen atoms in total. The van der Waals surface area contributed by atoms with Gasteiger partial charge in [-0.3, -0.25) is 4.90 Å². The fourth-order valence-corrected chi connectivity index (χ4v) is 5.68. The van der Waals surface area contributed by atoms with Gasteiger partial charge in [-0.15, -0.1) is 0 Å². The average Bonchev–Trinajstić information content (AvgIpc) is 2.88. The van der Waals surface area contributed by atoms with Gasteiger partial charge in [0, 0.05) is 24.7 Å². The van der Waals surface area contributed by atoms with Gasteiger partial charge in [-0.2, -0.15) is 0 Å². The summed E-state index contributed by atoms with van der Waals surface area (Å²) < 4.78 is 42.3. The van der Waals surface area contributed by atoms with Crippen LogP contribution in [-0.2, 0) is 19.4 Å². The van der Waals surface area contributed by atoms with Crippen LogP contribution in [0.5, 0.6) is 28.7 Å². The van der Waals surface area contributed by atoms with Crippen molar-refractivity contribution in [1.29, 1.82) is 0 Å². The topological polar surface area (TPSA) is 49.4 Å². The van der Waals surface area contributed by atoms with E-state index >= 15 is 0 Å². The van der Waals surface area contributed by atoms with Gasteiger partial charge in [0.25, 0.3) is 0 Å². The zero-order valence-electron chi connectivity index (χ0n) is 20.2. The Morgan fingerprint density at radius 1 is 0.829 bits per heavy atom. The molecule has 0 aliphatic carbocycles. The Morgan fingerprint density at radius 3 is 2.29 bits per heavy atom. The van der Waals surface area contributed by atoms with Gasteiger partial charge >= 0.3 is 0 Å². The molecule has 0 aromatic heterocycles. The van der Waals surface area contributed by atoms with E-state index in [1.807, 2.05) is 18.2 Å². The Kier molecular flexibility index (Phi) is 6.67. The second-order valence-corrected chi connectivity index (χ2v) is 9.36. The maximum atomic E-state index is 13.6. The van der Waals surface area contributed by atoms with Crippen molar-refractivity contribution in [3.05, 3.63) is 70.5 Å². The predicted molar refractivity (Wildman–Crippen MR) is 133 cm³/mol. The summed E-state index contributed by atoms with van der Waals surface area (Å²) in [4.78, 5) is 3.16. The highest BCUT2D eigenvalue weighted by Crippen LogP contribution is 2.50. The first-order valence-corrected chi connectivity index (χ1v) is 12.2. The van der Waals surface area contributed by atoms with Crippen molar-refractivity contribution in [3.63, 3.8) is 0 Å².